The molecule has 0 fully saturated rings. The second-order valence-corrected chi connectivity index (χ2v) is 14.0. The van der Waals surface area contributed by atoms with Crippen LogP contribution in [0.2, 0.25) is 0 Å². The molecular weight excluding hydrogens is 1140 g/mol. The smallest absolute Gasteiger partial charge is 0.669 e. The van der Waals surface area contributed by atoms with Crippen molar-refractivity contribution in [1.82, 2.24) is 9.55 Å². The molecule has 8 heteroatoms. The molecule has 7 aromatic carbocycles. The zero-order valence-electron chi connectivity index (χ0n) is 33.7. The summed E-state index contributed by atoms with van der Waals surface area (Å²) in [6.07, 6.45) is 11.8. The van der Waals surface area contributed by atoms with Crippen LogP contribution in [0.15, 0.2) is 188 Å². The van der Waals surface area contributed by atoms with Gasteiger partial charge in [0.25, 0.3) is 0 Å². The Labute approximate surface area is 398 Å². The Hall–Kier alpha value is -6.89. The van der Waals surface area contributed by atoms with Crippen molar-refractivity contribution in [2.45, 2.75) is 0 Å². The molecule has 0 N–H and O–H groups in total. The fourth-order valence-corrected chi connectivity index (χ4v) is 6.99. The third-order valence-corrected chi connectivity index (χ3v) is 9.89. The van der Waals surface area contributed by atoms with Crippen LogP contribution >= 0.6 is 0 Å². The number of hydrogen-bond donors (Lipinski definition) is 0. The Bertz CT molecular complexity index is 2940. The SMILES string of the molecule is CN1[CH-]N(c2[c-]c(Oc3[c-]c(-c4cc(-c5[c-]c(Oc6[c-]cccc6)ccc5)[c-]cn4)ccc3)ccc2)c2cc(-c3ccccc3)c(-c3ccccc3)cc21.[C-]#Cn1cccc1.[Pt+4].[Pt]. The number of anilines is 3. The minimum atomic E-state index is 0. The first-order chi connectivity index (χ1) is 30.1. The molecule has 1 aliphatic rings. The minimum absolute atomic E-state index is 0. The second-order valence-electron chi connectivity index (χ2n) is 14.0. The molecule has 310 valence electrons. The molecule has 0 atom stereocenters. The number of hydrogen-bond acceptors (Lipinski definition) is 5. The molecule has 0 amide bonds. The van der Waals surface area contributed by atoms with Crippen LogP contribution in [0, 0.1) is 49.5 Å². The number of pyridine rings is 1. The third kappa shape index (κ3) is 10.4. The minimum Gasteiger partial charge on any atom is -0.669 e. The van der Waals surface area contributed by atoms with Gasteiger partial charge >= 0.3 is 21.1 Å². The van der Waals surface area contributed by atoms with Gasteiger partial charge in [0, 0.05) is 67.8 Å². The van der Waals surface area contributed by atoms with E-state index >= 15 is 0 Å². The monoisotopic (exact) mass is 1170 g/mol. The summed E-state index contributed by atoms with van der Waals surface area (Å²) in [5.74, 6) is 2.36. The number of nitrogens with zero attached hydrogens (tertiary/aromatic N) is 4. The van der Waals surface area contributed by atoms with Crippen molar-refractivity contribution in [3.8, 4) is 73.7 Å². The number of aromatic nitrogens is 2. The van der Waals surface area contributed by atoms with Crippen LogP contribution in [0.5, 0.6) is 23.0 Å². The van der Waals surface area contributed by atoms with Gasteiger partial charge < -0.3 is 35.2 Å². The van der Waals surface area contributed by atoms with E-state index in [9.17, 15) is 0 Å². The molecule has 2 aromatic heterocycles. The van der Waals surface area contributed by atoms with Crippen LogP contribution in [0.4, 0.5) is 17.1 Å². The molecule has 3 heterocycles. The molecule has 63 heavy (non-hydrogen) atoms. The molecule has 0 bridgehead atoms. The summed E-state index contributed by atoms with van der Waals surface area (Å²) in [4.78, 5) is 8.91. The largest absolute Gasteiger partial charge is 4.00 e. The first kappa shape index (κ1) is 44.2. The van der Waals surface area contributed by atoms with Crippen molar-refractivity contribution in [2.24, 2.45) is 0 Å². The fraction of sp³-hybridized carbons (Fsp3) is 0.0182. The van der Waals surface area contributed by atoms with Gasteiger partial charge in [-0.05, 0) is 53.6 Å². The Morgan fingerprint density at radius 1 is 0.571 bits per heavy atom. The maximum absolute atomic E-state index is 6.57. The molecule has 0 spiro atoms. The third-order valence-electron chi connectivity index (χ3n) is 9.89. The average molecular weight is 1170 g/mol. The number of benzene rings is 7. The summed E-state index contributed by atoms with van der Waals surface area (Å²) in [5.41, 5.74) is 10.9. The molecule has 0 radical (unpaired) electrons. The predicted molar refractivity (Wildman–Crippen MR) is 241 cm³/mol. The molecule has 0 unspecified atom stereocenters. The second kappa shape index (κ2) is 20.8. The molecule has 6 nitrogen and oxygen atoms in total. The Kier molecular flexibility index (Phi) is 14.6. The van der Waals surface area contributed by atoms with E-state index in [4.69, 9.17) is 15.9 Å². The van der Waals surface area contributed by atoms with Gasteiger partial charge in [-0.25, -0.2) is 24.2 Å². The van der Waals surface area contributed by atoms with Gasteiger partial charge in [0.05, 0.1) is 0 Å². The van der Waals surface area contributed by atoms with Crippen molar-refractivity contribution < 1.29 is 51.6 Å². The van der Waals surface area contributed by atoms with Crippen molar-refractivity contribution in [3.63, 3.8) is 0 Å². The van der Waals surface area contributed by atoms with E-state index in [-0.39, 0.29) is 42.1 Å². The maximum Gasteiger partial charge on any atom is 4.00 e. The molecule has 0 aliphatic carbocycles. The van der Waals surface area contributed by atoms with Gasteiger partial charge in [0.2, 0.25) is 0 Å². The van der Waals surface area contributed by atoms with E-state index in [1.165, 1.54) is 11.1 Å². The van der Waals surface area contributed by atoms with E-state index < -0.39 is 0 Å². The molecule has 10 rings (SSSR count). The maximum atomic E-state index is 6.57. The van der Waals surface area contributed by atoms with Crippen LogP contribution < -0.4 is 19.3 Å². The van der Waals surface area contributed by atoms with Crippen LogP contribution in [0.1, 0.15) is 0 Å². The number of fused-ring (bicyclic) bond motifs is 1. The van der Waals surface area contributed by atoms with Crippen LogP contribution in [0.25, 0.3) is 44.6 Å². The molecule has 1 aliphatic heterocycles. The first-order valence-electron chi connectivity index (χ1n) is 19.6. The predicted octanol–water partition coefficient (Wildman–Crippen LogP) is 12.9. The van der Waals surface area contributed by atoms with E-state index in [0.717, 1.165) is 50.6 Å². The Morgan fingerprint density at radius 3 is 1.78 bits per heavy atom. The summed E-state index contributed by atoms with van der Waals surface area (Å²) in [5, 5.41) is 0. The molecule has 0 saturated carbocycles. The van der Waals surface area contributed by atoms with Gasteiger partial charge in [-0.15, -0.1) is 65.8 Å². The summed E-state index contributed by atoms with van der Waals surface area (Å²) >= 11 is 0. The van der Waals surface area contributed by atoms with Crippen LogP contribution in [0.3, 0.4) is 0 Å². The van der Waals surface area contributed by atoms with Crippen molar-refractivity contribution in [3.05, 3.63) is 232 Å². The van der Waals surface area contributed by atoms with Gasteiger partial charge in [-0.1, -0.05) is 78.6 Å². The van der Waals surface area contributed by atoms with E-state index in [1.807, 2.05) is 103 Å². The van der Waals surface area contributed by atoms with Gasteiger partial charge in [-0.3, -0.25) is 11.1 Å². The van der Waals surface area contributed by atoms with Gasteiger partial charge in [0.1, 0.15) is 0 Å². The summed E-state index contributed by atoms with van der Waals surface area (Å²) in [7, 11) is 2.07. The van der Waals surface area contributed by atoms with Crippen molar-refractivity contribution in [2.75, 3.05) is 16.8 Å². The fourth-order valence-electron chi connectivity index (χ4n) is 6.99. The van der Waals surface area contributed by atoms with Crippen LogP contribution in [-0.2, 0) is 42.1 Å². The zero-order valence-corrected chi connectivity index (χ0v) is 38.3. The number of para-hydroxylation sites is 1. The molecule has 9 aromatic rings. The zero-order chi connectivity index (χ0) is 41.4. The average Bonchev–Trinajstić information content (AvgIpc) is 3.98. The van der Waals surface area contributed by atoms with Crippen molar-refractivity contribution >= 4 is 17.1 Å². The van der Waals surface area contributed by atoms with E-state index in [1.54, 1.807) is 23.2 Å². The standard InChI is InChI=1S/C49H31N3O2.C6H4N.2Pt/c1-51-34-52(49-33-46(36-16-7-3-8-17-36)45(32-48(49)51)35-14-5-2-6-15-35)40-20-13-25-44(31-40)54-43-24-12-19-39(29-43)47-30-38(26-27-50-47)37-18-11-23-42(28-37)53-41-21-9-4-10-22-41;1-2-7-5-3-4-6-7;;/h2-21,23-25,27,30,32-34H,1H3;3-6H;;/q-6;-1;;+4. The quantitative estimate of drug-likeness (QED) is 0.106. The Balaban J connectivity index is 0.000000605. The summed E-state index contributed by atoms with van der Waals surface area (Å²) in [6.45, 7) is 2.09. The van der Waals surface area contributed by atoms with E-state index in [2.05, 4.69) is 132 Å². The Morgan fingerprint density at radius 2 is 1.14 bits per heavy atom. The summed E-state index contributed by atoms with van der Waals surface area (Å²) < 4.78 is 13.9. The first-order valence-corrected chi connectivity index (χ1v) is 19.6. The van der Waals surface area contributed by atoms with E-state index in [0.29, 0.717) is 23.0 Å². The number of rotatable bonds is 9. The normalized spacial score (nSPS) is 11.2. The van der Waals surface area contributed by atoms with Gasteiger partial charge in [0.15, 0.2) is 0 Å². The van der Waals surface area contributed by atoms with Crippen LogP contribution in [-0.4, -0.2) is 16.6 Å². The molecular formula is C55H35N4O2Pt2-3. The summed E-state index contributed by atoms with van der Waals surface area (Å²) in [6, 6.07) is 75.0. The van der Waals surface area contributed by atoms with Crippen molar-refractivity contribution in [1.29, 1.82) is 0 Å². The topological polar surface area (TPSA) is 42.8 Å². The van der Waals surface area contributed by atoms with Gasteiger partial charge in [-0.2, -0.15) is 43.1 Å². The molecule has 0 saturated heterocycles. The number of ether oxygens (including phenoxy) is 2.